The second-order valence-electron chi connectivity index (χ2n) is 5.48. The van der Waals surface area contributed by atoms with Crippen molar-refractivity contribution in [2.45, 2.75) is 19.3 Å². The molecule has 1 fully saturated rings. The van der Waals surface area contributed by atoms with Crippen LogP contribution in [-0.2, 0) is 9.59 Å². The maximum atomic E-state index is 12.2. The molecule has 0 saturated carbocycles. The van der Waals surface area contributed by atoms with Gasteiger partial charge in [-0.05, 0) is 38.1 Å². The molecular weight excluding hydrogens is 298 g/mol. The summed E-state index contributed by atoms with van der Waals surface area (Å²) in [7, 11) is 0. The summed E-state index contributed by atoms with van der Waals surface area (Å²) in [6, 6.07) is 4.54. The first kappa shape index (κ1) is 16.9. The monoisotopic (exact) mass is 319 g/mol. The number of hydrogen-bond acceptors (Lipinski definition) is 5. The number of nitrogens with two attached hydrogens (primary N) is 1. The normalized spacial score (nSPS) is 15.8. The molecule has 0 bridgehead atoms. The minimum atomic E-state index is -0.833. The van der Waals surface area contributed by atoms with Gasteiger partial charge in [0.1, 0.15) is 5.82 Å². The summed E-state index contributed by atoms with van der Waals surface area (Å²) in [6.07, 6.45) is 3.31. The van der Waals surface area contributed by atoms with Crippen LogP contribution in [0.2, 0.25) is 0 Å². The Labute approximate surface area is 134 Å². The third kappa shape index (κ3) is 5.67. The Morgan fingerprint density at radius 3 is 2.61 bits per heavy atom. The van der Waals surface area contributed by atoms with Crippen molar-refractivity contribution in [3.8, 4) is 0 Å². The van der Waals surface area contributed by atoms with Crippen molar-refractivity contribution in [3.63, 3.8) is 0 Å². The van der Waals surface area contributed by atoms with Gasteiger partial charge >= 0.3 is 6.03 Å². The van der Waals surface area contributed by atoms with Crippen molar-refractivity contribution in [2.24, 2.45) is 11.7 Å². The molecule has 8 nitrogen and oxygen atoms in total. The molecule has 0 unspecified atom stereocenters. The average Bonchev–Trinajstić information content (AvgIpc) is 2.54. The first-order chi connectivity index (χ1) is 11.0. The van der Waals surface area contributed by atoms with Gasteiger partial charge < -0.3 is 16.0 Å². The number of likely N-dealkylation sites (tertiary alicyclic amines) is 1. The number of amides is 4. The summed E-state index contributed by atoms with van der Waals surface area (Å²) in [6.45, 7) is 2.03. The highest BCUT2D eigenvalue weighted by molar-refractivity contribution is 5.93. The number of pyridine rings is 1. The third-order valence-corrected chi connectivity index (χ3v) is 3.79. The molecule has 2 heterocycles. The zero-order valence-corrected chi connectivity index (χ0v) is 12.8. The topological polar surface area (TPSA) is 117 Å². The Morgan fingerprint density at radius 2 is 2.00 bits per heavy atom. The molecule has 0 radical (unpaired) electrons. The smallest absolute Gasteiger partial charge is 0.318 e. The number of piperidine rings is 1. The van der Waals surface area contributed by atoms with E-state index < -0.39 is 6.03 Å². The molecule has 23 heavy (non-hydrogen) atoms. The molecule has 1 aromatic heterocycles. The first-order valence-corrected chi connectivity index (χ1v) is 7.58. The lowest BCUT2D eigenvalue weighted by molar-refractivity contribution is -0.122. The van der Waals surface area contributed by atoms with Gasteiger partial charge in [0.25, 0.3) is 0 Å². The summed E-state index contributed by atoms with van der Waals surface area (Å²) >= 11 is 0. The minimum absolute atomic E-state index is 0.0187. The number of urea groups is 1. The summed E-state index contributed by atoms with van der Waals surface area (Å²) in [4.78, 5) is 40.3. The summed E-state index contributed by atoms with van der Waals surface area (Å²) in [5, 5.41) is 4.85. The molecule has 0 aromatic carbocycles. The molecule has 1 aliphatic rings. The van der Waals surface area contributed by atoms with E-state index in [1.54, 1.807) is 18.3 Å². The van der Waals surface area contributed by atoms with Crippen LogP contribution in [-0.4, -0.2) is 47.4 Å². The molecular formula is C15H21N5O3. The van der Waals surface area contributed by atoms with Crippen LogP contribution in [0.1, 0.15) is 19.3 Å². The highest BCUT2D eigenvalue weighted by atomic mass is 16.2. The zero-order chi connectivity index (χ0) is 16.7. The molecule has 4 amide bonds. The van der Waals surface area contributed by atoms with E-state index in [-0.39, 0.29) is 24.2 Å². The number of rotatable bonds is 5. The number of hydrogen-bond donors (Lipinski definition) is 3. The van der Waals surface area contributed by atoms with Crippen LogP contribution in [0, 0.1) is 5.92 Å². The van der Waals surface area contributed by atoms with Crippen molar-refractivity contribution >= 4 is 23.7 Å². The molecule has 0 atom stereocenters. The van der Waals surface area contributed by atoms with Crippen LogP contribution < -0.4 is 16.4 Å². The Morgan fingerprint density at radius 1 is 1.26 bits per heavy atom. The van der Waals surface area contributed by atoms with Crippen LogP contribution in [0.5, 0.6) is 0 Å². The maximum Gasteiger partial charge on any atom is 0.318 e. The molecule has 0 spiro atoms. The van der Waals surface area contributed by atoms with Gasteiger partial charge in [-0.2, -0.15) is 0 Å². The van der Waals surface area contributed by atoms with Crippen LogP contribution in [0.25, 0.3) is 0 Å². The number of carbonyl (C=O) groups is 3. The molecule has 8 heteroatoms. The summed E-state index contributed by atoms with van der Waals surface area (Å²) in [5.41, 5.74) is 4.88. The van der Waals surface area contributed by atoms with E-state index in [2.05, 4.69) is 15.2 Å². The summed E-state index contributed by atoms with van der Waals surface area (Å²) < 4.78 is 0. The number of nitrogens with one attached hydrogen (secondary N) is 2. The molecule has 2 rings (SSSR count). The van der Waals surface area contributed by atoms with Crippen molar-refractivity contribution in [1.82, 2.24) is 15.2 Å². The standard InChI is InChI=1S/C15H21N5O3/c16-15(23)19-13(21)6-10-20-8-4-11(5-9-20)14(22)18-12-3-1-2-7-17-12/h1-3,7,11H,4-6,8-10H2,(H,17,18,22)(H3,16,19,21,23). The van der Waals surface area contributed by atoms with Gasteiger partial charge in [0.15, 0.2) is 0 Å². The number of imide groups is 1. The largest absolute Gasteiger partial charge is 0.351 e. The van der Waals surface area contributed by atoms with Gasteiger partial charge in [-0.1, -0.05) is 6.07 Å². The average molecular weight is 319 g/mol. The van der Waals surface area contributed by atoms with Crippen LogP contribution in [0.3, 0.4) is 0 Å². The first-order valence-electron chi connectivity index (χ1n) is 7.58. The van der Waals surface area contributed by atoms with Gasteiger partial charge in [0.2, 0.25) is 11.8 Å². The molecule has 1 saturated heterocycles. The Kier molecular flexibility index (Phi) is 6.04. The lowest BCUT2D eigenvalue weighted by atomic mass is 9.96. The van der Waals surface area contributed by atoms with Gasteiger partial charge in [0, 0.05) is 25.1 Å². The predicted molar refractivity (Wildman–Crippen MR) is 84.4 cm³/mol. The van der Waals surface area contributed by atoms with E-state index in [1.807, 2.05) is 11.4 Å². The van der Waals surface area contributed by atoms with Crippen molar-refractivity contribution in [1.29, 1.82) is 0 Å². The highest BCUT2D eigenvalue weighted by Crippen LogP contribution is 2.19. The van der Waals surface area contributed by atoms with Gasteiger partial charge in [-0.15, -0.1) is 0 Å². The van der Waals surface area contributed by atoms with Crippen molar-refractivity contribution in [2.75, 3.05) is 25.0 Å². The van der Waals surface area contributed by atoms with E-state index in [9.17, 15) is 14.4 Å². The molecule has 1 aromatic rings. The van der Waals surface area contributed by atoms with E-state index in [0.717, 1.165) is 25.9 Å². The molecule has 4 N–H and O–H groups in total. The number of anilines is 1. The second kappa shape index (κ2) is 8.23. The van der Waals surface area contributed by atoms with Gasteiger partial charge in [-0.3, -0.25) is 14.9 Å². The molecule has 124 valence electrons. The lowest BCUT2D eigenvalue weighted by Gasteiger charge is -2.30. The maximum absolute atomic E-state index is 12.2. The van der Waals surface area contributed by atoms with Gasteiger partial charge in [-0.25, -0.2) is 9.78 Å². The van der Waals surface area contributed by atoms with Crippen LogP contribution in [0.15, 0.2) is 24.4 Å². The number of primary amides is 1. The van der Waals surface area contributed by atoms with Gasteiger partial charge in [0.05, 0.1) is 0 Å². The Balaban J connectivity index is 1.70. The van der Waals surface area contributed by atoms with E-state index in [0.29, 0.717) is 12.4 Å². The van der Waals surface area contributed by atoms with Crippen LogP contribution >= 0.6 is 0 Å². The number of aromatic nitrogens is 1. The fourth-order valence-electron chi connectivity index (χ4n) is 2.54. The lowest BCUT2D eigenvalue weighted by Crippen LogP contribution is -2.41. The fourth-order valence-corrected chi connectivity index (χ4v) is 2.54. The summed E-state index contributed by atoms with van der Waals surface area (Å²) in [5.74, 6) is 0.109. The third-order valence-electron chi connectivity index (χ3n) is 3.79. The SMILES string of the molecule is NC(=O)NC(=O)CCN1CCC(C(=O)Nc2ccccn2)CC1. The second-order valence-corrected chi connectivity index (χ2v) is 5.48. The van der Waals surface area contributed by atoms with E-state index in [1.165, 1.54) is 0 Å². The highest BCUT2D eigenvalue weighted by Gasteiger charge is 2.25. The van der Waals surface area contributed by atoms with Crippen molar-refractivity contribution in [3.05, 3.63) is 24.4 Å². The van der Waals surface area contributed by atoms with E-state index in [4.69, 9.17) is 5.73 Å². The predicted octanol–water partition coefficient (Wildman–Crippen LogP) is 0.317. The quantitative estimate of drug-likeness (QED) is 0.722. The van der Waals surface area contributed by atoms with Crippen molar-refractivity contribution < 1.29 is 14.4 Å². The Bertz CT molecular complexity index is 555. The minimum Gasteiger partial charge on any atom is -0.351 e. The fraction of sp³-hybridized carbons (Fsp3) is 0.467. The zero-order valence-electron chi connectivity index (χ0n) is 12.8. The Hall–Kier alpha value is -2.48. The van der Waals surface area contributed by atoms with Crippen LogP contribution in [0.4, 0.5) is 10.6 Å². The van der Waals surface area contributed by atoms with E-state index >= 15 is 0 Å². The number of nitrogens with zero attached hydrogens (tertiary/aromatic N) is 2. The molecule has 0 aliphatic carbocycles. The number of carbonyl (C=O) groups excluding carboxylic acids is 3. The molecule has 1 aliphatic heterocycles.